The first-order chi connectivity index (χ1) is 15.0. The predicted molar refractivity (Wildman–Crippen MR) is 112 cm³/mol. The highest BCUT2D eigenvalue weighted by atomic mass is 19.1. The molecule has 4 aliphatic rings. The first-order valence-electron chi connectivity index (χ1n) is 11.6. The summed E-state index contributed by atoms with van der Waals surface area (Å²) in [6, 6.07) is 2.00. The van der Waals surface area contributed by atoms with Crippen molar-refractivity contribution in [2.45, 2.75) is 50.6 Å². The molecule has 2 aliphatic heterocycles. The molecule has 0 unspecified atom stereocenters. The summed E-state index contributed by atoms with van der Waals surface area (Å²) in [5.41, 5.74) is -0.307. The number of fused-ring (bicyclic) bond motifs is 1. The summed E-state index contributed by atoms with van der Waals surface area (Å²) >= 11 is 0. The summed E-state index contributed by atoms with van der Waals surface area (Å²) < 4.78 is 19.1. The lowest BCUT2D eigenvalue weighted by molar-refractivity contribution is -0.143. The molecule has 2 aliphatic carbocycles. The van der Waals surface area contributed by atoms with Crippen LogP contribution >= 0.6 is 0 Å². The second-order valence-corrected chi connectivity index (χ2v) is 9.58. The molecule has 168 valence electrons. The Hall–Kier alpha value is -2.06. The van der Waals surface area contributed by atoms with Gasteiger partial charge in [0.2, 0.25) is 5.91 Å². The van der Waals surface area contributed by atoms with Crippen LogP contribution in [0.1, 0.15) is 48.9 Å². The molecule has 2 saturated carbocycles. The molecule has 31 heavy (non-hydrogen) atoms. The first-order valence-corrected chi connectivity index (χ1v) is 11.6. The summed E-state index contributed by atoms with van der Waals surface area (Å²) in [6.45, 7) is 4.46. The molecule has 5 rings (SSSR count). The molecule has 0 spiro atoms. The Morgan fingerprint density at radius 1 is 1.13 bits per heavy atom. The van der Waals surface area contributed by atoms with Gasteiger partial charge in [0, 0.05) is 44.5 Å². The van der Waals surface area contributed by atoms with Crippen molar-refractivity contribution < 1.29 is 18.7 Å². The number of amides is 2. The normalized spacial score (nSPS) is 31.7. The van der Waals surface area contributed by atoms with Gasteiger partial charge in [-0.25, -0.2) is 4.39 Å². The van der Waals surface area contributed by atoms with Crippen molar-refractivity contribution in [1.29, 1.82) is 0 Å². The average Bonchev–Trinajstić information content (AvgIpc) is 3.62. The predicted octanol–water partition coefficient (Wildman–Crippen LogP) is 1.83. The lowest BCUT2D eigenvalue weighted by Gasteiger charge is -2.53. The van der Waals surface area contributed by atoms with Crippen LogP contribution in [0.15, 0.2) is 18.5 Å². The zero-order valence-electron chi connectivity index (χ0n) is 17.9. The Bertz CT molecular complexity index is 842. The summed E-state index contributed by atoms with van der Waals surface area (Å²) in [7, 11) is 0. The fraction of sp³-hybridized carbons (Fsp3) is 0.696. The molecule has 2 amide bonds. The maximum Gasteiger partial charge on any atom is 0.255 e. The SMILES string of the molecule is O=C(c1cncc(F)c1)N1CC[C@@H]2C[C@H](N3CCOCC3)CC[C@@]2(C(=O)NC2CC2)C1. The van der Waals surface area contributed by atoms with Crippen LogP contribution in [0.5, 0.6) is 0 Å². The molecule has 7 nitrogen and oxygen atoms in total. The molecular weight excluding hydrogens is 399 g/mol. The van der Waals surface area contributed by atoms with E-state index in [4.69, 9.17) is 4.74 Å². The van der Waals surface area contributed by atoms with Crippen molar-refractivity contribution in [3.05, 3.63) is 29.8 Å². The molecule has 0 bridgehead atoms. The molecule has 0 aromatic carbocycles. The number of likely N-dealkylation sites (tertiary alicyclic amines) is 1. The fourth-order valence-corrected chi connectivity index (χ4v) is 5.72. The van der Waals surface area contributed by atoms with E-state index in [2.05, 4.69) is 15.2 Å². The van der Waals surface area contributed by atoms with E-state index in [-0.39, 0.29) is 29.3 Å². The number of nitrogens with one attached hydrogen (secondary N) is 1. The van der Waals surface area contributed by atoms with Gasteiger partial charge in [-0.2, -0.15) is 0 Å². The monoisotopic (exact) mass is 430 g/mol. The smallest absolute Gasteiger partial charge is 0.255 e. The largest absolute Gasteiger partial charge is 0.379 e. The highest BCUT2D eigenvalue weighted by molar-refractivity contribution is 5.95. The van der Waals surface area contributed by atoms with Gasteiger partial charge in [-0.15, -0.1) is 0 Å². The van der Waals surface area contributed by atoms with Crippen LogP contribution in [-0.4, -0.2) is 78.1 Å². The van der Waals surface area contributed by atoms with Crippen LogP contribution < -0.4 is 5.32 Å². The molecule has 3 atom stereocenters. The Morgan fingerprint density at radius 3 is 2.68 bits per heavy atom. The molecule has 4 fully saturated rings. The van der Waals surface area contributed by atoms with Gasteiger partial charge in [0.05, 0.1) is 30.4 Å². The third-order valence-corrected chi connectivity index (χ3v) is 7.65. The van der Waals surface area contributed by atoms with Crippen LogP contribution in [0.2, 0.25) is 0 Å². The molecular formula is C23H31FN4O3. The molecule has 0 radical (unpaired) electrons. The number of morpholine rings is 1. The van der Waals surface area contributed by atoms with Crippen molar-refractivity contribution in [3.63, 3.8) is 0 Å². The van der Waals surface area contributed by atoms with Gasteiger partial charge in [-0.05, 0) is 50.5 Å². The Balaban J connectivity index is 1.36. The molecule has 8 heteroatoms. The van der Waals surface area contributed by atoms with E-state index >= 15 is 0 Å². The summed E-state index contributed by atoms with van der Waals surface area (Å²) in [4.78, 5) is 34.7. The van der Waals surface area contributed by atoms with Gasteiger partial charge in [0.1, 0.15) is 5.82 Å². The molecule has 1 N–H and O–H groups in total. The molecule has 1 aromatic heterocycles. The number of nitrogens with zero attached hydrogens (tertiary/aromatic N) is 3. The molecule has 2 saturated heterocycles. The van der Waals surface area contributed by atoms with Crippen LogP contribution in [-0.2, 0) is 9.53 Å². The van der Waals surface area contributed by atoms with Crippen molar-refractivity contribution in [2.75, 3.05) is 39.4 Å². The third-order valence-electron chi connectivity index (χ3n) is 7.65. The minimum atomic E-state index is -0.556. The number of halogens is 1. The van der Waals surface area contributed by atoms with E-state index in [1.807, 2.05) is 0 Å². The maximum atomic E-state index is 13.6. The van der Waals surface area contributed by atoms with E-state index in [0.29, 0.717) is 19.1 Å². The molecule has 3 heterocycles. The quantitative estimate of drug-likeness (QED) is 0.789. The number of hydrogen-bond donors (Lipinski definition) is 1. The van der Waals surface area contributed by atoms with Gasteiger partial charge in [0.25, 0.3) is 5.91 Å². The van der Waals surface area contributed by atoms with Crippen LogP contribution in [0.3, 0.4) is 0 Å². The summed E-state index contributed by atoms with van der Waals surface area (Å²) in [5, 5.41) is 3.23. The zero-order chi connectivity index (χ0) is 21.4. The topological polar surface area (TPSA) is 74.8 Å². The fourth-order valence-electron chi connectivity index (χ4n) is 5.72. The Labute approximate surface area is 182 Å². The van der Waals surface area contributed by atoms with Crippen molar-refractivity contribution in [1.82, 2.24) is 20.1 Å². The van der Waals surface area contributed by atoms with Crippen LogP contribution in [0.4, 0.5) is 4.39 Å². The first kappa shape index (κ1) is 20.8. The number of piperidine rings is 1. The van der Waals surface area contributed by atoms with E-state index in [9.17, 15) is 14.0 Å². The number of ether oxygens (including phenoxy) is 1. The van der Waals surface area contributed by atoms with Crippen LogP contribution in [0, 0.1) is 17.2 Å². The van der Waals surface area contributed by atoms with E-state index in [0.717, 1.165) is 71.0 Å². The number of carbonyl (C=O) groups excluding carboxylic acids is 2. The standard InChI is InChI=1S/C23H31FN4O3/c24-18-11-16(13-25-14-18)21(29)28-6-4-17-12-20(27-7-9-31-10-8-27)3-5-23(17,15-28)22(30)26-19-1-2-19/h11,13-14,17,19-20H,1-10,12,15H2,(H,26,30)/t17-,20-,23-/m1/s1. The number of aromatic nitrogens is 1. The van der Waals surface area contributed by atoms with Gasteiger partial charge < -0.3 is 15.0 Å². The molecule has 1 aromatic rings. The highest BCUT2D eigenvalue weighted by Gasteiger charge is 2.54. The third kappa shape index (κ3) is 4.20. The average molecular weight is 431 g/mol. The van der Waals surface area contributed by atoms with Crippen molar-refractivity contribution in [3.8, 4) is 0 Å². The second kappa shape index (κ2) is 8.47. The number of pyridine rings is 1. The second-order valence-electron chi connectivity index (χ2n) is 9.58. The lowest BCUT2D eigenvalue weighted by atomic mass is 9.60. The zero-order valence-corrected chi connectivity index (χ0v) is 17.9. The minimum absolute atomic E-state index is 0.107. The van der Waals surface area contributed by atoms with Gasteiger partial charge in [0.15, 0.2) is 0 Å². The van der Waals surface area contributed by atoms with E-state index < -0.39 is 11.2 Å². The van der Waals surface area contributed by atoms with Gasteiger partial charge in [-0.3, -0.25) is 19.5 Å². The van der Waals surface area contributed by atoms with Crippen molar-refractivity contribution >= 4 is 11.8 Å². The number of rotatable bonds is 4. The number of hydrogen-bond acceptors (Lipinski definition) is 5. The van der Waals surface area contributed by atoms with Gasteiger partial charge >= 0.3 is 0 Å². The lowest BCUT2D eigenvalue weighted by Crippen LogP contribution is -2.61. The van der Waals surface area contributed by atoms with Crippen LogP contribution in [0.25, 0.3) is 0 Å². The highest BCUT2D eigenvalue weighted by Crippen LogP contribution is 2.48. The summed E-state index contributed by atoms with van der Waals surface area (Å²) in [6.07, 6.45) is 8.11. The summed E-state index contributed by atoms with van der Waals surface area (Å²) in [5.74, 6) is -0.398. The maximum absolute atomic E-state index is 13.6. The Kier molecular flexibility index (Phi) is 5.69. The van der Waals surface area contributed by atoms with E-state index in [1.54, 1.807) is 4.90 Å². The van der Waals surface area contributed by atoms with E-state index in [1.165, 1.54) is 12.3 Å². The van der Waals surface area contributed by atoms with Gasteiger partial charge in [-0.1, -0.05) is 0 Å². The van der Waals surface area contributed by atoms with Crippen molar-refractivity contribution in [2.24, 2.45) is 11.3 Å². The number of carbonyl (C=O) groups is 2. The minimum Gasteiger partial charge on any atom is -0.379 e. The Morgan fingerprint density at radius 2 is 1.94 bits per heavy atom.